The Balaban J connectivity index is 1.78. The van der Waals surface area contributed by atoms with E-state index in [2.05, 4.69) is 15.8 Å². The van der Waals surface area contributed by atoms with E-state index >= 15 is 0 Å². The van der Waals surface area contributed by atoms with Gasteiger partial charge in [0.2, 0.25) is 5.91 Å². The lowest BCUT2D eigenvalue weighted by Gasteiger charge is -2.14. The average Bonchev–Trinajstić information content (AvgIpc) is 3.05. The number of benzene rings is 2. The third-order valence-corrected chi connectivity index (χ3v) is 4.75. The highest BCUT2D eigenvalue weighted by molar-refractivity contribution is 6.31. The average molecular weight is 444 g/mol. The molecular weight excluding hydrogens is 422 g/mol. The molecule has 9 heteroatoms. The molecule has 1 heterocycles. The van der Waals surface area contributed by atoms with Gasteiger partial charge in [0.05, 0.1) is 29.7 Å². The van der Waals surface area contributed by atoms with E-state index in [4.69, 9.17) is 25.6 Å². The molecule has 0 radical (unpaired) electrons. The molecule has 0 unspecified atom stereocenters. The first kappa shape index (κ1) is 22.2. The van der Waals surface area contributed by atoms with Gasteiger partial charge in [0.25, 0.3) is 5.91 Å². The minimum atomic E-state index is -0.399. The molecule has 8 nitrogen and oxygen atoms in total. The molecular formula is C22H22ClN3O5. The molecule has 3 aromatic rings. The number of amides is 2. The molecule has 2 N–H and O–H groups in total. The van der Waals surface area contributed by atoms with Gasteiger partial charge in [-0.15, -0.1) is 0 Å². The summed E-state index contributed by atoms with van der Waals surface area (Å²) in [5.41, 5.74) is 2.77. The van der Waals surface area contributed by atoms with E-state index < -0.39 is 5.91 Å². The summed E-state index contributed by atoms with van der Waals surface area (Å²) in [4.78, 5) is 24.2. The maximum atomic E-state index is 12.8. The lowest BCUT2D eigenvalue weighted by Crippen LogP contribution is -2.15. The standard InChI is InChI=1S/C22H22ClN3O5/c1-12-17(13(2)31-26-12)11-30-20-8-5-15(9-21(20)29-4)22(28)25-19-10-16(23)6-7-18(19)24-14(3)27/h5-10H,11H2,1-4H3,(H,24,27)(H,25,28). The lowest BCUT2D eigenvalue weighted by atomic mass is 10.1. The molecule has 162 valence electrons. The normalized spacial score (nSPS) is 10.5. The number of halogens is 1. The summed E-state index contributed by atoms with van der Waals surface area (Å²) in [6.07, 6.45) is 0. The number of carbonyl (C=O) groups excluding carboxylic acids is 2. The largest absolute Gasteiger partial charge is 0.493 e. The highest BCUT2D eigenvalue weighted by atomic mass is 35.5. The lowest BCUT2D eigenvalue weighted by molar-refractivity contribution is -0.114. The number of carbonyl (C=O) groups is 2. The van der Waals surface area contributed by atoms with Crippen LogP contribution in [0.1, 0.15) is 34.3 Å². The van der Waals surface area contributed by atoms with Crippen molar-refractivity contribution in [2.24, 2.45) is 0 Å². The van der Waals surface area contributed by atoms with Gasteiger partial charge in [0, 0.05) is 17.5 Å². The molecule has 0 aliphatic carbocycles. The molecule has 0 bridgehead atoms. The molecule has 31 heavy (non-hydrogen) atoms. The van der Waals surface area contributed by atoms with Crippen molar-refractivity contribution >= 4 is 34.8 Å². The van der Waals surface area contributed by atoms with Crippen molar-refractivity contribution in [1.29, 1.82) is 0 Å². The number of ether oxygens (including phenoxy) is 2. The van der Waals surface area contributed by atoms with Gasteiger partial charge in [-0.25, -0.2) is 0 Å². The highest BCUT2D eigenvalue weighted by Gasteiger charge is 2.16. The second kappa shape index (κ2) is 9.53. The van der Waals surface area contributed by atoms with Crippen molar-refractivity contribution in [2.45, 2.75) is 27.4 Å². The molecule has 2 aromatic carbocycles. The van der Waals surface area contributed by atoms with E-state index in [9.17, 15) is 9.59 Å². The maximum Gasteiger partial charge on any atom is 0.255 e. The molecule has 0 aliphatic rings. The van der Waals surface area contributed by atoms with Crippen LogP contribution in [0.2, 0.25) is 5.02 Å². The summed E-state index contributed by atoms with van der Waals surface area (Å²) in [5.74, 6) is 0.890. The van der Waals surface area contributed by atoms with Crippen LogP contribution in [0.3, 0.4) is 0 Å². The molecule has 0 saturated heterocycles. The highest BCUT2D eigenvalue weighted by Crippen LogP contribution is 2.31. The third-order valence-electron chi connectivity index (χ3n) is 4.52. The zero-order valence-electron chi connectivity index (χ0n) is 17.5. The van der Waals surface area contributed by atoms with Crippen molar-refractivity contribution in [2.75, 3.05) is 17.7 Å². The van der Waals surface area contributed by atoms with Crippen LogP contribution in [0.4, 0.5) is 11.4 Å². The number of aryl methyl sites for hydroxylation is 2. The first-order valence-electron chi connectivity index (χ1n) is 9.39. The number of methoxy groups -OCH3 is 1. The number of rotatable bonds is 7. The van der Waals surface area contributed by atoms with Crippen LogP contribution in [-0.4, -0.2) is 24.1 Å². The minimum Gasteiger partial charge on any atom is -0.493 e. The number of nitrogens with zero attached hydrogens (tertiary/aromatic N) is 1. The summed E-state index contributed by atoms with van der Waals surface area (Å²) in [5, 5.41) is 9.74. The third kappa shape index (κ3) is 5.35. The Labute approximate surface area is 184 Å². The first-order chi connectivity index (χ1) is 14.8. The second-order valence-corrected chi connectivity index (χ2v) is 7.22. The summed E-state index contributed by atoms with van der Waals surface area (Å²) in [6.45, 7) is 5.29. The predicted octanol–water partition coefficient (Wildman–Crippen LogP) is 4.74. The van der Waals surface area contributed by atoms with Crippen molar-refractivity contribution in [3.63, 3.8) is 0 Å². The van der Waals surface area contributed by atoms with Gasteiger partial charge in [-0.05, 0) is 50.2 Å². The van der Waals surface area contributed by atoms with Gasteiger partial charge in [0.15, 0.2) is 11.5 Å². The van der Waals surface area contributed by atoms with Crippen LogP contribution in [0.15, 0.2) is 40.9 Å². The molecule has 0 aliphatic heterocycles. The zero-order valence-corrected chi connectivity index (χ0v) is 18.3. The number of hydrogen-bond acceptors (Lipinski definition) is 6. The van der Waals surface area contributed by atoms with Gasteiger partial charge in [-0.2, -0.15) is 0 Å². The molecule has 2 amide bonds. The van der Waals surface area contributed by atoms with Crippen LogP contribution in [0.5, 0.6) is 11.5 Å². The number of hydrogen-bond donors (Lipinski definition) is 2. The van der Waals surface area contributed by atoms with Gasteiger partial charge in [-0.1, -0.05) is 16.8 Å². The van der Waals surface area contributed by atoms with Crippen molar-refractivity contribution < 1.29 is 23.6 Å². The number of anilines is 2. The van der Waals surface area contributed by atoms with Crippen LogP contribution in [0.25, 0.3) is 0 Å². The van der Waals surface area contributed by atoms with Crippen LogP contribution >= 0.6 is 11.6 Å². The SMILES string of the molecule is COc1cc(C(=O)Nc2cc(Cl)ccc2NC(C)=O)ccc1OCc1c(C)noc1C. The Bertz CT molecular complexity index is 1110. The van der Waals surface area contributed by atoms with E-state index in [1.165, 1.54) is 14.0 Å². The minimum absolute atomic E-state index is 0.256. The zero-order chi connectivity index (χ0) is 22.5. The quantitative estimate of drug-likeness (QED) is 0.546. The Morgan fingerprint density at radius 2 is 1.84 bits per heavy atom. The predicted molar refractivity (Wildman–Crippen MR) is 117 cm³/mol. The fraction of sp³-hybridized carbons (Fsp3) is 0.227. The van der Waals surface area contributed by atoms with Crippen molar-refractivity contribution in [3.05, 3.63) is 64.0 Å². The second-order valence-electron chi connectivity index (χ2n) is 6.78. The van der Waals surface area contributed by atoms with E-state index in [0.29, 0.717) is 39.2 Å². The fourth-order valence-electron chi connectivity index (χ4n) is 2.90. The fourth-order valence-corrected chi connectivity index (χ4v) is 3.07. The van der Waals surface area contributed by atoms with Crippen molar-refractivity contribution in [1.82, 2.24) is 5.16 Å². The molecule has 1 aromatic heterocycles. The van der Waals surface area contributed by atoms with Crippen molar-refractivity contribution in [3.8, 4) is 11.5 Å². The molecule has 0 spiro atoms. The molecule has 3 rings (SSSR count). The summed E-state index contributed by atoms with van der Waals surface area (Å²) in [7, 11) is 1.49. The molecule has 0 atom stereocenters. The summed E-state index contributed by atoms with van der Waals surface area (Å²) in [6, 6.07) is 9.63. The van der Waals surface area contributed by atoms with Crippen LogP contribution in [0, 0.1) is 13.8 Å². The summed E-state index contributed by atoms with van der Waals surface area (Å²) >= 11 is 6.04. The van der Waals surface area contributed by atoms with Gasteiger partial charge >= 0.3 is 0 Å². The molecule has 0 saturated carbocycles. The Morgan fingerprint density at radius 1 is 1.06 bits per heavy atom. The summed E-state index contributed by atoms with van der Waals surface area (Å²) < 4.78 is 16.4. The van der Waals surface area contributed by atoms with E-state index in [0.717, 1.165) is 11.3 Å². The Morgan fingerprint density at radius 3 is 2.48 bits per heavy atom. The monoisotopic (exact) mass is 443 g/mol. The Kier molecular flexibility index (Phi) is 6.81. The van der Waals surface area contributed by atoms with Crippen LogP contribution in [-0.2, 0) is 11.4 Å². The van der Waals surface area contributed by atoms with Gasteiger partial charge < -0.3 is 24.6 Å². The Hall–Kier alpha value is -3.52. The van der Waals surface area contributed by atoms with Gasteiger partial charge in [0.1, 0.15) is 12.4 Å². The smallest absolute Gasteiger partial charge is 0.255 e. The first-order valence-corrected chi connectivity index (χ1v) is 9.77. The van der Waals surface area contributed by atoms with Crippen LogP contribution < -0.4 is 20.1 Å². The topological polar surface area (TPSA) is 103 Å². The molecule has 0 fully saturated rings. The van der Waals surface area contributed by atoms with Gasteiger partial charge in [-0.3, -0.25) is 9.59 Å². The van der Waals surface area contributed by atoms with E-state index in [-0.39, 0.29) is 12.5 Å². The number of aromatic nitrogens is 1. The number of nitrogens with one attached hydrogen (secondary N) is 2. The van der Waals surface area contributed by atoms with E-state index in [1.54, 1.807) is 36.4 Å². The van der Waals surface area contributed by atoms with E-state index in [1.807, 2.05) is 13.8 Å². The maximum absolute atomic E-state index is 12.8.